The smallest absolute Gasteiger partial charge is 0.0964 e. The predicted octanol–water partition coefficient (Wildman–Crippen LogP) is 1.97. The SMILES string of the molecule is CCCCCn1cc(CNCC2CC2)nn1. The summed E-state index contributed by atoms with van der Waals surface area (Å²) in [4.78, 5) is 0. The molecule has 0 aromatic carbocycles. The minimum absolute atomic E-state index is 0.865. The average Bonchev–Trinajstić information content (AvgIpc) is 2.99. The second kappa shape index (κ2) is 5.99. The van der Waals surface area contributed by atoms with E-state index in [9.17, 15) is 0 Å². The van der Waals surface area contributed by atoms with Crippen LogP contribution in [0.4, 0.5) is 0 Å². The second-order valence-electron chi connectivity index (χ2n) is 4.75. The van der Waals surface area contributed by atoms with Crippen LogP contribution in [0.25, 0.3) is 0 Å². The molecule has 2 rings (SSSR count). The largest absolute Gasteiger partial charge is 0.311 e. The van der Waals surface area contributed by atoms with Crippen molar-refractivity contribution in [1.82, 2.24) is 20.3 Å². The summed E-state index contributed by atoms with van der Waals surface area (Å²) >= 11 is 0. The molecule has 1 aliphatic carbocycles. The molecule has 0 atom stereocenters. The number of hydrogen-bond acceptors (Lipinski definition) is 3. The van der Waals surface area contributed by atoms with Crippen molar-refractivity contribution in [2.75, 3.05) is 6.54 Å². The molecule has 1 aromatic rings. The van der Waals surface area contributed by atoms with E-state index in [0.29, 0.717) is 0 Å². The maximum absolute atomic E-state index is 4.16. The topological polar surface area (TPSA) is 42.7 Å². The van der Waals surface area contributed by atoms with Crippen LogP contribution < -0.4 is 5.32 Å². The van der Waals surface area contributed by atoms with Crippen LogP contribution in [0.5, 0.6) is 0 Å². The molecule has 0 unspecified atom stereocenters. The Hall–Kier alpha value is -0.900. The van der Waals surface area contributed by atoms with Crippen molar-refractivity contribution < 1.29 is 0 Å². The molecule has 0 radical (unpaired) electrons. The van der Waals surface area contributed by atoms with E-state index in [-0.39, 0.29) is 0 Å². The zero-order chi connectivity index (χ0) is 11.2. The molecule has 0 aliphatic heterocycles. The van der Waals surface area contributed by atoms with Gasteiger partial charge in [0.05, 0.1) is 5.69 Å². The summed E-state index contributed by atoms with van der Waals surface area (Å²) in [6.07, 6.45) is 8.59. The molecule has 1 aromatic heterocycles. The molecule has 1 heterocycles. The lowest BCUT2D eigenvalue weighted by Gasteiger charge is -1.99. The quantitative estimate of drug-likeness (QED) is 0.684. The number of nitrogens with one attached hydrogen (secondary N) is 1. The van der Waals surface area contributed by atoms with Gasteiger partial charge < -0.3 is 5.32 Å². The zero-order valence-electron chi connectivity index (χ0n) is 10.2. The van der Waals surface area contributed by atoms with Gasteiger partial charge in [-0.3, -0.25) is 4.68 Å². The Morgan fingerprint density at radius 2 is 2.31 bits per heavy atom. The first-order valence-corrected chi connectivity index (χ1v) is 6.48. The van der Waals surface area contributed by atoms with Crippen LogP contribution in [0.1, 0.15) is 44.7 Å². The van der Waals surface area contributed by atoms with Crippen molar-refractivity contribution in [2.45, 2.75) is 52.1 Å². The van der Waals surface area contributed by atoms with E-state index >= 15 is 0 Å². The van der Waals surface area contributed by atoms with Gasteiger partial charge in [-0.25, -0.2) is 0 Å². The summed E-state index contributed by atoms with van der Waals surface area (Å²) in [6.45, 7) is 5.23. The minimum atomic E-state index is 0.865. The van der Waals surface area contributed by atoms with Gasteiger partial charge in [-0.15, -0.1) is 5.10 Å². The summed E-state index contributed by atoms with van der Waals surface area (Å²) in [7, 11) is 0. The fourth-order valence-corrected chi connectivity index (χ4v) is 1.78. The van der Waals surface area contributed by atoms with Crippen LogP contribution in [0, 0.1) is 5.92 Å². The highest BCUT2D eigenvalue weighted by molar-refractivity contribution is 4.92. The molecule has 4 nitrogen and oxygen atoms in total. The molecular formula is C12H22N4. The molecule has 4 heteroatoms. The van der Waals surface area contributed by atoms with Gasteiger partial charge in [0.15, 0.2) is 0 Å². The summed E-state index contributed by atoms with van der Waals surface area (Å²) < 4.78 is 1.96. The highest BCUT2D eigenvalue weighted by atomic mass is 15.4. The van der Waals surface area contributed by atoms with E-state index in [2.05, 4.69) is 28.7 Å². The molecule has 1 fully saturated rings. The van der Waals surface area contributed by atoms with E-state index in [1.165, 1.54) is 32.1 Å². The second-order valence-corrected chi connectivity index (χ2v) is 4.75. The standard InChI is InChI=1S/C12H22N4/c1-2-3-4-7-16-10-12(14-15-16)9-13-8-11-5-6-11/h10-11,13H,2-9H2,1H3. The van der Waals surface area contributed by atoms with Gasteiger partial charge in [-0.1, -0.05) is 25.0 Å². The lowest BCUT2D eigenvalue weighted by molar-refractivity contribution is 0.537. The molecule has 90 valence electrons. The molecule has 1 N–H and O–H groups in total. The molecule has 16 heavy (non-hydrogen) atoms. The number of rotatable bonds is 8. The Morgan fingerprint density at radius 1 is 1.44 bits per heavy atom. The minimum Gasteiger partial charge on any atom is -0.311 e. The lowest BCUT2D eigenvalue weighted by Crippen LogP contribution is -2.16. The number of unbranched alkanes of at least 4 members (excludes halogenated alkanes) is 2. The average molecular weight is 222 g/mol. The van der Waals surface area contributed by atoms with Crippen LogP contribution in [0.2, 0.25) is 0 Å². The van der Waals surface area contributed by atoms with Gasteiger partial charge in [0.1, 0.15) is 0 Å². The Bertz CT molecular complexity index is 304. The Kier molecular flexibility index (Phi) is 4.34. The van der Waals surface area contributed by atoms with Crippen molar-refractivity contribution in [3.63, 3.8) is 0 Å². The van der Waals surface area contributed by atoms with Crippen molar-refractivity contribution in [3.8, 4) is 0 Å². The number of aryl methyl sites for hydroxylation is 1. The molecule has 0 saturated heterocycles. The summed E-state index contributed by atoms with van der Waals surface area (Å²) in [5, 5.41) is 11.7. The van der Waals surface area contributed by atoms with E-state index < -0.39 is 0 Å². The fourth-order valence-electron chi connectivity index (χ4n) is 1.78. The first-order chi connectivity index (χ1) is 7.88. The summed E-state index contributed by atoms with van der Waals surface area (Å²) in [5.74, 6) is 0.930. The number of aromatic nitrogens is 3. The fraction of sp³-hybridized carbons (Fsp3) is 0.833. The molecule has 0 amide bonds. The van der Waals surface area contributed by atoms with Crippen LogP contribution in [-0.4, -0.2) is 21.5 Å². The van der Waals surface area contributed by atoms with Gasteiger partial charge in [0.25, 0.3) is 0 Å². The van der Waals surface area contributed by atoms with Gasteiger partial charge >= 0.3 is 0 Å². The third-order valence-corrected chi connectivity index (χ3v) is 3.01. The highest BCUT2D eigenvalue weighted by Crippen LogP contribution is 2.27. The van der Waals surface area contributed by atoms with E-state index in [0.717, 1.165) is 31.2 Å². The highest BCUT2D eigenvalue weighted by Gasteiger charge is 2.20. The maximum Gasteiger partial charge on any atom is 0.0964 e. The van der Waals surface area contributed by atoms with Crippen molar-refractivity contribution >= 4 is 0 Å². The maximum atomic E-state index is 4.16. The monoisotopic (exact) mass is 222 g/mol. The van der Waals surface area contributed by atoms with Crippen molar-refractivity contribution in [3.05, 3.63) is 11.9 Å². The van der Waals surface area contributed by atoms with Gasteiger partial charge in [0.2, 0.25) is 0 Å². The number of nitrogens with zero attached hydrogens (tertiary/aromatic N) is 3. The van der Waals surface area contributed by atoms with E-state index in [4.69, 9.17) is 0 Å². The third kappa shape index (κ3) is 3.93. The van der Waals surface area contributed by atoms with Crippen molar-refractivity contribution in [2.24, 2.45) is 5.92 Å². The zero-order valence-corrected chi connectivity index (χ0v) is 10.2. The molecule has 0 bridgehead atoms. The number of hydrogen-bond donors (Lipinski definition) is 1. The molecule has 1 aliphatic rings. The molecule has 0 spiro atoms. The third-order valence-electron chi connectivity index (χ3n) is 3.01. The Balaban J connectivity index is 1.64. The predicted molar refractivity (Wildman–Crippen MR) is 64.0 cm³/mol. The van der Waals surface area contributed by atoms with Gasteiger partial charge in [-0.2, -0.15) is 0 Å². The van der Waals surface area contributed by atoms with E-state index in [1.807, 2.05) is 4.68 Å². The van der Waals surface area contributed by atoms with Crippen LogP contribution in [0.15, 0.2) is 6.20 Å². The summed E-state index contributed by atoms with van der Waals surface area (Å²) in [5.41, 5.74) is 1.07. The van der Waals surface area contributed by atoms with E-state index in [1.54, 1.807) is 0 Å². The molecular weight excluding hydrogens is 200 g/mol. The normalized spacial score (nSPS) is 15.6. The summed E-state index contributed by atoms with van der Waals surface area (Å²) in [6, 6.07) is 0. The first kappa shape index (κ1) is 11.6. The van der Waals surface area contributed by atoms with Gasteiger partial charge in [-0.05, 0) is 31.7 Å². The Morgan fingerprint density at radius 3 is 3.06 bits per heavy atom. The lowest BCUT2D eigenvalue weighted by atomic mass is 10.2. The van der Waals surface area contributed by atoms with Crippen molar-refractivity contribution in [1.29, 1.82) is 0 Å². The van der Waals surface area contributed by atoms with Crippen LogP contribution in [0.3, 0.4) is 0 Å². The van der Waals surface area contributed by atoms with Crippen LogP contribution in [-0.2, 0) is 13.1 Å². The Labute approximate surface area is 97.4 Å². The van der Waals surface area contributed by atoms with Gasteiger partial charge in [0, 0.05) is 19.3 Å². The first-order valence-electron chi connectivity index (χ1n) is 6.48. The molecule has 1 saturated carbocycles. The van der Waals surface area contributed by atoms with Crippen LogP contribution >= 0.6 is 0 Å².